The van der Waals surface area contributed by atoms with E-state index in [4.69, 9.17) is 0 Å². The van der Waals surface area contributed by atoms with E-state index >= 15 is 0 Å². The number of ketones is 1. The maximum atomic E-state index is 12.1. The van der Waals surface area contributed by atoms with Crippen LogP contribution in [0.4, 0.5) is 0 Å². The zero-order valence-electron chi connectivity index (χ0n) is 11.8. The lowest BCUT2D eigenvalue weighted by Crippen LogP contribution is -2.43. The molecule has 104 valence electrons. The molecular weight excluding hydrogens is 238 g/mol. The molecule has 0 aromatic heterocycles. The minimum absolute atomic E-state index is 0.188. The van der Waals surface area contributed by atoms with Gasteiger partial charge in [-0.25, -0.2) is 0 Å². The molecule has 0 aliphatic carbocycles. The highest BCUT2D eigenvalue weighted by molar-refractivity contribution is 5.96. The van der Waals surface area contributed by atoms with Crippen LogP contribution in [0.15, 0.2) is 24.3 Å². The summed E-state index contributed by atoms with van der Waals surface area (Å²) in [4.78, 5) is 14.2. The Hall–Kier alpha value is -1.19. The first-order valence-corrected chi connectivity index (χ1v) is 7.06. The topological polar surface area (TPSA) is 40.5 Å². The Morgan fingerprint density at radius 3 is 2.68 bits per heavy atom. The molecule has 3 nitrogen and oxygen atoms in total. The first-order valence-electron chi connectivity index (χ1n) is 7.06. The molecule has 1 aliphatic rings. The van der Waals surface area contributed by atoms with Crippen LogP contribution in [-0.2, 0) is 0 Å². The average molecular weight is 261 g/mol. The molecule has 19 heavy (non-hydrogen) atoms. The maximum absolute atomic E-state index is 12.1. The van der Waals surface area contributed by atoms with Crippen molar-refractivity contribution in [2.24, 2.45) is 5.92 Å². The summed E-state index contributed by atoms with van der Waals surface area (Å²) in [6, 6.07) is 7.73. The predicted molar refractivity (Wildman–Crippen MR) is 76.4 cm³/mol. The fourth-order valence-electron chi connectivity index (χ4n) is 2.46. The monoisotopic (exact) mass is 261 g/mol. The fourth-order valence-corrected chi connectivity index (χ4v) is 2.46. The van der Waals surface area contributed by atoms with E-state index in [0.717, 1.165) is 25.1 Å². The molecule has 0 spiro atoms. The van der Waals surface area contributed by atoms with Gasteiger partial charge >= 0.3 is 0 Å². The van der Waals surface area contributed by atoms with Crippen LogP contribution in [0.3, 0.4) is 0 Å². The number of rotatable bonds is 4. The van der Waals surface area contributed by atoms with Crippen molar-refractivity contribution in [1.29, 1.82) is 0 Å². The Morgan fingerprint density at radius 1 is 1.37 bits per heavy atom. The number of likely N-dealkylation sites (tertiary alicyclic amines) is 1. The minimum atomic E-state index is -0.247. The van der Waals surface area contributed by atoms with E-state index in [9.17, 15) is 9.90 Å². The molecule has 1 fully saturated rings. The third-order valence-electron chi connectivity index (χ3n) is 4.03. The van der Waals surface area contributed by atoms with E-state index in [1.165, 1.54) is 5.56 Å². The summed E-state index contributed by atoms with van der Waals surface area (Å²) in [5.41, 5.74) is 1.96. The lowest BCUT2D eigenvalue weighted by atomic mass is 9.96. The molecule has 1 aromatic carbocycles. The third-order valence-corrected chi connectivity index (χ3v) is 4.03. The number of carbonyl (C=O) groups excluding carboxylic acids is 1. The average Bonchev–Trinajstić information content (AvgIpc) is 2.40. The number of β-amino-alcohol motifs (C(OH)–C–C–N with tert-alkyl or cyclic N) is 1. The molecule has 1 aromatic rings. The molecule has 0 amide bonds. The van der Waals surface area contributed by atoms with Gasteiger partial charge in [0.15, 0.2) is 5.78 Å². The zero-order valence-corrected chi connectivity index (χ0v) is 11.8. The van der Waals surface area contributed by atoms with Gasteiger partial charge in [0.2, 0.25) is 0 Å². The first-order chi connectivity index (χ1) is 9.06. The summed E-state index contributed by atoms with van der Waals surface area (Å²) in [7, 11) is 0. The zero-order chi connectivity index (χ0) is 13.8. The largest absolute Gasteiger partial charge is 0.392 e. The molecule has 1 saturated heterocycles. The van der Waals surface area contributed by atoms with Crippen molar-refractivity contribution in [3.8, 4) is 0 Å². The highest BCUT2D eigenvalue weighted by atomic mass is 16.3. The summed E-state index contributed by atoms with van der Waals surface area (Å²) in [6.07, 6.45) is 1.30. The van der Waals surface area contributed by atoms with E-state index in [1.807, 2.05) is 31.2 Å². The van der Waals surface area contributed by atoms with Gasteiger partial charge in [0, 0.05) is 25.1 Å². The van der Waals surface area contributed by atoms with Crippen LogP contribution in [0, 0.1) is 12.8 Å². The van der Waals surface area contributed by atoms with E-state index in [-0.39, 0.29) is 11.9 Å². The van der Waals surface area contributed by atoms with E-state index in [1.54, 1.807) is 0 Å². The van der Waals surface area contributed by atoms with E-state index < -0.39 is 0 Å². The highest BCUT2D eigenvalue weighted by Crippen LogP contribution is 2.17. The summed E-state index contributed by atoms with van der Waals surface area (Å²) in [6.45, 7) is 6.53. The van der Waals surface area contributed by atoms with Crippen LogP contribution >= 0.6 is 0 Å². The number of carbonyl (C=O) groups is 1. The lowest BCUT2D eigenvalue weighted by molar-refractivity contribution is 0.0287. The number of Topliss-reactive ketones (excluding diaryl/α,β-unsaturated/α-hetero) is 1. The second-order valence-electron chi connectivity index (χ2n) is 5.67. The predicted octanol–water partition coefficient (Wildman–Crippen LogP) is 2.27. The van der Waals surface area contributed by atoms with Gasteiger partial charge in [-0.3, -0.25) is 4.79 Å². The number of aliphatic hydroxyl groups is 1. The molecule has 0 bridgehead atoms. The van der Waals surface area contributed by atoms with Gasteiger partial charge in [0.1, 0.15) is 0 Å². The summed E-state index contributed by atoms with van der Waals surface area (Å²) >= 11 is 0. The number of aryl methyl sites for hydroxylation is 1. The van der Waals surface area contributed by atoms with Crippen LogP contribution < -0.4 is 0 Å². The van der Waals surface area contributed by atoms with Crippen molar-refractivity contribution in [1.82, 2.24) is 4.90 Å². The van der Waals surface area contributed by atoms with Crippen LogP contribution in [0.1, 0.15) is 35.7 Å². The van der Waals surface area contributed by atoms with E-state index in [0.29, 0.717) is 18.9 Å². The lowest BCUT2D eigenvalue weighted by Gasteiger charge is -2.34. The van der Waals surface area contributed by atoms with Crippen LogP contribution in [0.25, 0.3) is 0 Å². The van der Waals surface area contributed by atoms with Crippen molar-refractivity contribution >= 4 is 5.78 Å². The van der Waals surface area contributed by atoms with Gasteiger partial charge in [-0.05, 0) is 25.8 Å². The van der Waals surface area contributed by atoms with Gasteiger partial charge in [-0.2, -0.15) is 0 Å². The summed E-state index contributed by atoms with van der Waals surface area (Å²) in [5.74, 6) is 0.567. The van der Waals surface area contributed by atoms with E-state index in [2.05, 4.69) is 11.8 Å². The molecule has 0 saturated carbocycles. The molecule has 0 unspecified atom stereocenters. The summed E-state index contributed by atoms with van der Waals surface area (Å²) in [5, 5.41) is 9.83. The van der Waals surface area contributed by atoms with Crippen LogP contribution in [-0.4, -0.2) is 41.5 Å². The number of benzene rings is 1. The number of piperidine rings is 1. The summed E-state index contributed by atoms with van der Waals surface area (Å²) < 4.78 is 0. The van der Waals surface area contributed by atoms with Crippen molar-refractivity contribution in [3.05, 3.63) is 35.4 Å². The Bertz CT molecular complexity index is 427. The molecule has 1 N–H and O–H groups in total. The molecule has 2 rings (SSSR count). The second-order valence-corrected chi connectivity index (χ2v) is 5.67. The van der Waals surface area contributed by atoms with Gasteiger partial charge in [0.05, 0.1) is 6.10 Å². The number of hydrogen-bond donors (Lipinski definition) is 1. The quantitative estimate of drug-likeness (QED) is 0.845. The van der Waals surface area contributed by atoms with Crippen molar-refractivity contribution < 1.29 is 9.90 Å². The smallest absolute Gasteiger partial charge is 0.164 e. The first kappa shape index (κ1) is 14.2. The standard InChI is InChI=1S/C16H23NO2/c1-12-3-5-14(6-4-12)15(18)8-10-17-9-7-13(2)16(19)11-17/h3-6,13,16,19H,7-11H2,1-2H3/t13-,16-/m0/s1. The molecular formula is C16H23NO2. The van der Waals surface area contributed by atoms with Crippen molar-refractivity contribution in [3.63, 3.8) is 0 Å². The van der Waals surface area contributed by atoms with Crippen LogP contribution in [0.2, 0.25) is 0 Å². The molecule has 1 heterocycles. The number of hydrogen-bond acceptors (Lipinski definition) is 3. The van der Waals surface area contributed by atoms with Gasteiger partial charge < -0.3 is 10.0 Å². The van der Waals surface area contributed by atoms with Crippen LogP contribution in [0.5, 0.6) is 0 Å². The normalized spacial score (nSPS) is 24.4. The molecule has 3 heteroatoms. The van der Waals surface area contributed by atoms with Gasteiger partial charge in [0.25, 0.3) is 0 Å². The molecule has 1 aliphatic heterocycles. The highest BCUT2D eigenvalue weighted by Gasteiger charge is 2.24. The van der Waals surface area contributed by atoms with Gasteiger partial charge in [-0.15, -0.1) is 0 Å². The Kier molecular flexibility index (Phi) is 4.72. The third kappa shape index (κ3) is 3.88. The number of nitrogens with zero attached hydrogens (tertiary/aromatic N) is 1. The SMILES string of the molecule is Cc1ccc(C(=O)CCN2CC[C@H](C)[C@@H](O)C2)cc1. The van der Waals surface area contributed by atoms with Crippen molar-refractivity contribution in [2.75, 3.05) is 19.6 Å². The molecule has 0 radical (unpaired) electrons. The molecule has 2 atom stereocenters. The second kappa shape index (κ2) is 6.31. The van der Waals surface area contributed by atoms with Gasteiger partial charge in [-0.1, -0.05) is 36.8 Å². The fraction of sp³-hybridized carbons (Fsp3) is 0.562. The Labute approximate surface area is 115 Å². The number of aliphatic hydroxyl groups excluding tert-OH is 1. The van der Waals surface area contributed by atoms with Crippen molar-refractivity contribution in [2.45, 2.75) is 32.8 Å². The Balaban J connectivity index is 1.82. The maximum Gasteiger partial charge on any atom is 0.164 e. The minimum Gasteiger partial charge on any atom is -0.392 e. The Morgan fingerprint density at radius 2 is 2.05 bits per heavy atom.